The fourth-order valence-corrected chi connectivity index (χ4v) is 3.42. The molecule has 3 amide bonds. The number of aryl methyl sites for hydroxylation is 1. The first-order valence-electron chi connectivity index (χ1n) is 8.35. The number of amides is 3. The van der Waals surface area contributed by atoms with Crippen LogP contribution in [0.3, 0.4) is 0 Å². The van der Waals surface area contributed by atoms with Crippen LogP contribution in [0.15, 0.2) is 18.2 Å². The van der Waals surface area contributed by atoms with E-state index >= 15 is 0 Å². The first kappa shape index (κ1) is 15.7. The molecular weight excluding hydrogens is 326 g/mol. The third kappa shape index (κ3) is 2.99. The zero-order valence-electron chi connectivity index (χ0n) is 13.7. The highest BCUT2D eigenvalue weighted by atomic mass is 16.7. The smallest absolute Gasteiger partial charge is 0.245 e. The molecule has 0 aliphatic carbocycles. The Morgan fingerprint density at radius 3 is 2.92 bits per heavy atom. The van der Waals surface area contributed by atoms with Gasteiger partial charge in [-0.1, -0.05) is 6.07 Å². The molecule has 132 valence electrons. The molecule has 1 aromatic carbocycles. The standard InChI is InChI=1S/C17H19N3O5/c21-15(4-2-11-1-3-13-14(7-11)25-10-24-13)19-5-6-20-12(9-19)17(23)18-8-16(20)22/h1,3,7,12H,2,4-6,8-10H2,(H,18,23)/t12-/m0/s1. The van der Waals surface area contributed by atoms with E-state index in [9.17, 15) is 14.4 Å². The lowest BCUT2D eigenvalue weighted by molar-refractivity contribution is -0.152. The lowest BCUT2D eigenvalue weighted by atomic mass is 10.1. The molecular formula is C17H19N3O5. The second-order valence-corrected chi connectivity index (χ2v) is 6.35. The molecule has 0 saturated carbocycles. The minimum Gasteiger partial charge on any atom is -0.454 e. The van der Waals surface area contributed by atoms with Gasteiger partial charge in [0, 0.05) is 19.5 Å². The summed E-state index contributed by atoms with van der Waals surface area (Å²) in [5.74, 6) is 1.14. The topological polar surface area (TPSA) is 88.2 Å². The minimum absolute atomic E-state index is 0.0110. The highest BCUT2D eigenvalue weighted by molar-refractivity contribution is 5.95. The van der Waals surface area contributed by atoms with Crippen LogP contribution in [-0.4, -0.2) is 66.5 Å². The van der Waals surface area contributed by atoms with E-state index in [-0.39, 0.29) is 37.6 Å². The molecule has 8 heteroatoms. The molecule has 1 aromatic rings. The van der Waals surface area contributed by atoms with Crippen LogP contribution in [0.4, 0.5) is 0 Å². The fraction of sp³-hybridized carbons (Fsp3) is 0.471. The summed E-state index contributed by atoms with van der Waals surface area (Å²) in [5.41, 5.74) is 1.00. The van der Waals surface area contributed by atoms with Gasteiger partial charge in [-0.25, -0.2) is 0 Å². The molecule has 8 nitrogen and oxygen atoms in total. The van der Waals surface area contributed by atoms with Crippen LogP contribution in [0.2, 0.25) is 0 Å². The molecule has 3 aliphatic rings. The summed E-state index contributed by atoms with van der Waals surface area (Å²) < 4.78 is 10.6. The minimum atomic E-state index is -0.565. The largest absolute Gasteiger partial charge is 0.454 e. The van der Waals surface area contributed by atoms with Crippen LogP contribution in [0, 0.1) is 0 Å². The van der Waals surface area contributed by atoms with E-state index in [1.54, 1.807) is 9.80 Å². The summed E-state index contributed by atoms with van der Waals surface area (Å²) in [4.78, 5) is 39.5. The maximum Gasteiger partial charge on any atom is 0.245 e. The molecule has 1 N–H and O–H groups in total. The van der Waals surface area contributed by atoms with Crippen LogP contribution in [0.25, 0.3) is 0 Å². The molecule has 0 unspecified atom stereocenters. The maximum absolute atomic E-state index is 12.5. The van der Waals surface area contributed by atoms with Gasteiger partial charge in [0.05, 0.1) is 13.1 Å². The Bertz CT molecular complexity index is 735. The fourth-order valence-electron chi connectivity index (χ4n) is 3.42. The molecule has 3 aliphatic heterocycles. The Hall–Kier alpha value is -2.77. The van der Waals surface area contributed by atoms with Gasteiger partial charge in [0.25, 0.3) is 0 Å². The van der Waals surface area contributed by atoms with Crippen molar-refractivity contribution in [2.45, 2.75) is 18.9 Å². The van der Waals surface area contributed by atoms with Crippen molar-refractivity contribution in [3.63, 3.8) is 0 Å². The monoisotopic (exact) mass is 345 g/mol. The van der Waals surface area contributed by atoms with Gasteiger partial charge in [-0.15, -0.1) is 0 Å². The zero-order valence-corrected chi connectivity index (χ0v) is 13.7. The average Bonchev–Trinajstić information content (AvgIpc) is 3.10. The number of rotatable bonds is 3. The van der Waals surface area contributed by atoms with Gasteiger partial charge in [0.2, 0.25) is 24.5 Å². The number of carbonyl (C=O) groups excluding carboxylic acids is 3. The SMILES string of the molecule is O=C1NCC(=O)N2CCN(C(=O)CCc3ccc4c(c3)OCO4)C[C@@H]12. The number of hydrogen-bond donors (Lipinski definition) is 1. The summed E-state index contributed by atoms with van der Waals surface area (Å²) in [7, 11) is 0. The van der Waals surface area contributed by atoms with E-state index in [1.807, 2.05) is 18.2 Å². The second kappa shape index (κ2) is 6.27. The summed E-state index contributed by atoms with van der Waals surface area (Å²) in [6, 6.07) is 5.09. The number of piperazine rings is 2. The number of hydrogen-bond acceptors (Lipinski definition) is 5. The van der Waals surface area contributed by atoms with Gasteiger partial charge >= 0.3 is 0 Å². The third-order valence-electron chi connectivity index (χ3n) is 4.83. The Morgan fingerprint density at radius 1 is 1.20 bits per heavy atom. The Kier molecular flexibility index (Phi) is 3.95. The van der Waals surface area contributed by atoms with E-state index in [0.29, 0.717) is 31.7 Å². The molecule has 2 saturated heterocycles. The van der Waals surface area contributed by atoms with E-state index in [1.165, 1.54) is 0 Å². The van der Waals surface area contributed by atoms with Crippen molar-refractivity contribution in [2.75, 3.05) is 33.0 Å². The average molecular weight is 345 g/mol. The molecule has 0 spiro atoms. The lowest BCUT2D eigenvalue weighted by Crippen LogP contribution is -2.66. The van der Waals surface area contributed by atoms with Crippen molar-refractivity contribution in [2.24, 2.45) is 0 Å². The molecule has 4 rings (SSSR count). The summed E-state index contributed by atoms with van der Waals surface area (Å²) >= 11 is 0. The van der Waals surface area contributed by atoms with E-state index in [2.05, 4.69) is 5.32 Å². The number of carbonyl (C=O) groups is 3. The van der Waals surface area contributed by atoms with Gasteiger partial charge in [0.1, 0.15) is 6.04 Å². The van der Waals surface area contributed by atoms with Crippen molar-refractivity contribution < 1.29 is 23.9 Å². The van der Waals surface area contributed by atoms with Crippen molar-refractivity contribution in [1.29, 1.82) is 0 Å². The van der Waals surface area contributed by atoms with Crippen molar-refractivity contribution in [3.8, 4) is 11.5 Å². The summed E-state index contributed by atoms with van der Waals surface area (Å²) in [6.45, 7) is 1.41. The van der Waals surface area contributed by atoms with Crippen LogP contribution in [-0.2, 0) is 20.8 Å². The first-order valence-corrected chi connectivity index (χ1v) is 8.35. The molecule has 3 heterocycles. The number of ether oxygens (including phenoxy) is 2. The predicted octanol–water partition coefficient (Wildman–Crippen LogP) is -0.483. The van der Waals surface area contributed by atoms with Crippen LogP contribution in [0.1, 0.15) is 12.0 Å². The van der Waals surface area contributed by atoms with Gasteiger partial charge in [-0.3, -0.25) is 14.4 Å². The predicted molar refractivity (Wildman–Crippen MR) is 86.0 cm³/mol. The Morgan fingerprint density at radius 2 is 2.04 bits per heavy atom. The van der Waals surface area contributed by atoms with Crippen molar-refractivity contribution in [1.82, 2.24) is 15.1 Å². The van der Waals surface area contributed by atoms with Gasteiger partial charge < -0.3 is 24.6 Å². The first-order chi connectivity index (χ1) is 12.1. The van der Waals surface area contributed by atoms with Gasteiger partial charge in [-0.05, 0) is 24.1 Å². The van der Waals surface area contributed by atoms with E-state index < -0.39 is 6.04 Å². The summed E-state index contributed by atoms with van der Waals surface area (Å²) in [5, 5.41) is 2.58. The lowest BCUT2D eigenvalue weighted by Gasteiger charge is -2.42. The quantitative estimate of drug-likeness (QED) is 0.799. The highest BCUT2D eigenvalue weighted by Crippen LogP contribution is 2.32. The maximum atomic E-state index is 12.5. The second-order valence-electron chi connectivity index (χ2n) is 6.35. The molecule has 2 fully saturated rings. The number of nitrogens with zero attached hydrogens (tertiary/aromatic N) is 2. The van der Waals surface area contributed by atoms with Gasteiger partial charge in [0.15, 0.2) is 11.5 Å². The Labute approximate surface area is 144 Å². The molecule has 0 aromatic heterocycles. The van der Waals surface area contributed by atoms with Crippen LogP contribution < -0.4 is 14.8 Å². The van der Waals surface area contributed by atoms with Crippen LogP contribution >= 0.6 is 0 Å². The molecule has 0 bridgehead atoms. The number of nitrogens with one attached hydrogen (secondary N) is 1. The summed E-state index contributed by atoms with van der Waals surface area (Å²) in [6.07, 6.45) is 0.938. The molecule has 0 radical (unpaired) electrons. The molecule has 1 atom stereocenters. The normalized spacial score (nSPS) is 21.8. The van der Waals surface area contributed by atoms with E-state index in [4.69, 9.17) is 9.47 Å². The Balaban J connectivity index is 1.35. The van der Waals surface area contributed by atoms with E-state index in [0.717, 1.165) is 11.3 Å². The van der Waals surface area contributed by atoms with Crippen molar-refractivity contribution in [3.05, 3.63) is 23.8 Å². The highest BCUT2D eigenvalue weighted by Gasteiger charge is 2.39. The number of benzene rings is 1. The van der Waals surface area contributed by atoms with Gasteiger partial charge in [-0.2, -0.15) is 0 Å². The van der Waals surface area contributed by atoms with Crippen LogP contribution in [0.5, 0.6) is 11.5 Å². The zero-order chi connectivity index (χ0) is 17.4. The molecule has 25 heavy (non-hydrogen) atoms. The van der Waals surface area contributed by atoms with Crippen molar-refractivity contribution >= 4 is 17.7 Å². The number of fused-ring (bicyclic) bond motifs is 2. The third-order valence-corrected chi connectivity index (χ3v) is 4.83.